The molecule has 2 atom stereocenters. The van der Waals surface area contributed by atoms with Crippen LogP contribution < -0.4 is 5.32 Å². The standard InChI is InChI=1S/C12H21NO/c1-8(2)5-12(14)9-6-10-3-4-11(7-9)13-10/h8-11,13H,3-7H2,1-2H3. The fraction of sp³-hybridized carbons (Fsp3) is 0.917. The first-order chi connectivity index (χ1) is 6.65. The van der Waals surface area contributed by atoms with E-state index in [1.54, 1.807) is 0 Å². The highest BCUT2D eigenvalue weighted by atomic mass is 16.1. The van der Waals surface area contributed by atoms with Crippen LogP contribution in [0.3, 0.4) is 0 Å². The van der Waals surface area contributed by atoms with Crippen LogP contribution in [0.5, 0.6) is 0 Å². The Kier molecular flexibility index (Phi) is 2.91. The average Bonchev–Trinajstić information content (AvgIpc) is 2.44. The summed E-state index contributed by atoms with van der Waals surface area (Å²) in [6, 6.07) is 1.30. The number of piperidine rings is 1. The van der Waals surface area contributed by atoms with E-state index in [0.29, 0.717) is 29.7 Å². The average molecular weight is 195 g/mol. The van der Waals surface area contributed by atoms with Gasteiger partial charge in [0.1, 0.15) is 5.78 Å². The van der Waals surface area contributed by atoms with Crippen molar-refractivity contribution < 1.29 is 4.79 Å². The molecule has 14 heavy (non-hydrogen) atoms. The van der Waals surface area contributed by atoms with Crippen molar-refractivity contribution in [2.24, 2.45) is 11.8 Å². The molecule has 2 nitrogen and oxygen atoms in total. The Hall–Kier alpha value is -0.370. The molecule has 2 rings (SSSR count). The summed E-state index contributed by atoms with van der Waals surface area (Å²) in [6.45, 7) is 4.27. The van der Waals surface area contributed by atoms with Crippen LogP contribution in [0.15, 0.2) is 0 Å². The van der Waals surface area contributed by atoms with E-state index in [9.17, 15) is 4.79 Å². The van der Waals surface area contributed by atoms with Gasteiger partial charge in [-0.25, -0.2) is 0 Å². The van der Waals surface area contributed by atoms with E-state index in [1.165, 1.54) is 12.8 Å². The van der Waals surface area contributed by atoms with Gasteiger partial charge in [0.25, 0.3) is 0 Å². The quantitative estimate of drug-likeness (QED) is 0.747. The van der Waals surface area contributed by atoms with Gasteiger partial charge in [-0.1, -0.05) is 13.8 Å². The van der Waals surface area contributed by atoms with Gasteiger partial charge in [-0.05, 0) is 31.6 Å². The molecule has 2 aliphatic rings. The van der Waals surface area contributed by atoms with Crippen molar-refractivity contribution in [1.82, 2.24) is 5.32 Å². The first-order valence-electron chi connectivity index (χ1n) is 5.94. The molecule has 0 aromatic rings. The lowest BCUT2D eigenvalue weighted by Gasteiger charge is -2.28. The summed E-state index contributed by atoms with van der Waals surface area (Å²) in [5, 5.41) is 3.58. The van der Waals surface area contributed by atoms with E-state index < -0.39 is 0 Å². The fourth-order valence-corrected chi connectivity index (χ4v) is 2.89. The van der Waals surface area contributed by atoms with Gasteiger partial charge in [0.15, 0.2) is 0 Å². The predicted molar refractivity (Wildman–Crippen MR) is 57.1 cm³/mol. The van der Waals surface area contributed by atoms with Crippen molar-refractivity contribution in [3.8, 4) is 0 Å². The van der Waals surface area contributed by atoms with Crippen molar-refractivity contribution in [2.75, 3.05) is 0 Å². The van der Waals surface area contributed by atoms with Gasteiger partial charge in [0.2, 0.25) is 0 Å². The maximum Gasteiger partial charge on any atom is 0.136 e. The minimum absolute atomic E-state index is 0.371. The third-order valence-electron chi connectivity index (χ3n) is 3.54. The first kappa shape index (κ1) is 10.2. The number of Topliss-reactive ketones (excluding diaryl/α,β-unsaturated/α-hetero) is 1. The minimum atomic E-state index is 0.371. The molecule has 2 saturated heterocycles. The van der Waals surface area contributed by atoms with Crippen molar-refractivity contribution in [2.45, 2.75) is 58.0 Å². The highest BCUT2D eigenvalue weighted by molar-refractivity contribution is 5.81. The maximum absolute atomic E-state index is 11.9. The van der Waals surface area contributed by atoms with Crippen molar-refractivity contribution in [1.29, 1.82) is 0 Å². The Labute approximate surface area is 86.5 Å². The van der Waals surface area contributed by atoms with Crippen molar-refractivity contribution in [3.05, 3.63) is 0 Å². The van der Waals surface area contributed by atoms with E-state index in [1.807, 2.05) is 0 Å². The molecular weight excluding hydrogens is 174 g/mol. The van der Waals surface area contributed by atoms with Gasteiger partial charge in [0, 0.05) is 24.4 Å². The molecule has 2 fully saturated rings. The first-order valence-corrected chi connectivity index (χ1v) is 5.94. The second-order valence-corrected chi connectivity index (χ2v) is 5.37. The van der Waals surface area contributed by atoms with Crippen LogP contribution >= 0.6 is 0 Å². The minimum Gasteiger partial charge on any atom is -0.311 e. The Morgan fingerprint density at radius 3 is 2.36 bits per heavy atom. The lowest BCUT2D eigenvalue weighted by molar-refractivity contribution is -0.124. The zero-order valence-corrected chi connectivity index (χ0v) is 9.25. The number of hydrogen-bond donors (Lipinski definition) is 1. The number of carbonyl (C=O) groups excluding carboxylic acids is 1. The summed E-state index contributed by atoms with van der Waals surface area (Å²) in [5.41, 5.74) is 0. The predicted octanol–water partition coefficient (Wildman–Crippen LogP) is 2.13. The van der Waals surface area contributed by atoms with E-state index in [0.717, 1.165) is 19.3 Å². The van der Waals surface area contributed by atoms with Crippen LogP contribution in [0.4, 0.5) is 0 Å². The monoisotopic (exact) mass is 195 g/mol. The molecule has 1 N–H and O–H groups in total. The molecule has 0 saturated carbocycles. The molecule has 2 heteroatoms. The molecular formula is C12H21NO. The summed E-state index contributed by atoms with van der Waals surface area (Å²) >= 11 is 0. The van der Waals surface area contributed by atoms with Crippen molar-refractivity contribution >= 4 is 5.78 Å². The molecule has 0 amide bonds. The molecule has 0 aromatic heterocycles. The number of nitrogens with one attached hydrogen (secondary N) is 1. The van der Waals surface area contributed by atoms with Gasteiger partial charge in [0.05, 0.1) is 0 Å². The van der Waals surface area contributed by atoms with Crippen molar-refractivity contribution in [3.63, 3.8) is 0 Å². The maximum atomic E-state index is 11.9. The second kappa shape index (κ2) is 4.01. The molecule has 80 valence electrons. The lowest BCUT2D eigenvalue weighted by atomic mass is 9.85. The molecule has 2 unspecified atom stereocenters. The van der Waals surface area contributed by atoms with Crippen LogP contribution in [0.1, 0.15) is 46.0 Å². The fourth-order valence-electron chi connectivity index (χ4n) is 2.89. The zero-order chi connectivity index (χ0) is 10.1. The molecule has 2 aliphatic heterocycles. The third kappa shape index (κ3) is 2.17. The molecule has 2 heterocycles. The molecule has 0 radical (unpaired) electrons. The van der Waals surface area contributed by atoms with Crippen LogP contribution in [-0.2, 0) is 4.79 Å². The number of ketones is 1. The lowest BCUT2D eigenvalue weighted by Crippen LogP contribution is -2.40. The number of carbonyl (C=O) groups is 1. The van der Waals surface area contributed by atoms with Crippen LogP contribution in [0.2, 0.25) is 0 Å². The summed E-state index contributed by atoms with van der Waals surface area (Å²) in [4.78, 5) is 11.9. The number of hydrogen-bond acceptors (Lipinski definition) is 2. The largest absolute Gasteiger partial charge is 0.311 e. The molecule has 0 spiro atoms. The Bertz CT molecular complexity index is 212. The number of fused-ring (bicyclic) bond motifs is 2. The molecule has 0 aromatic carbocycles. The van der Waals surface area contributed by atoms with Crippen LogP contribution in [0, 0.1) is 11.8 Å². The van der Waals surface area contributed by atoms with E-state index >= 15 is 0 Å². The number of rotatable bonds is 3. The summed E-state index contributed by atoms with van der Waals surface area (Å²) in [5.74, 6) is 1.41. The second-order valence-electron chi connectivity index (χ2n) is 5.37. The Morgan fingerprint density at radius 2 is 1.86 bits per heavy atom. The van der Waals surface area contributed by atoms with Crippen LogP contribution in [0.25, 0.3) is 0 Å². The summed E-state index contributed by atoms with van der Waals surface area (Å²) < 4.78 is 0. The van der Waals surface area contributed by atoms with E-state index in [-0.39, 0.29) is 0 Å². The summed E-state index contributed by atoms with van der Waals surface area (Å²) in [7, 11) is 0. The third-order valence-corrected chi connectivity index (χ3v) is 3.54. The summed E-state index contributed by atoms with van der Waals surface area (Å²) in [6.07, 6.45) is 5.56. The SMILES string of the molecule is CC(C)CC(=O)C1CC2CCC(C1)N2. The zero-order valence-electron chi connectivity index (χ0n) is 9.25. The van der Waals surface area contributed by atoms with E-state index in [2.05, 4.69) is 19.2 Å². The van der Waals surface area contributed by atoms with Crippen LogP contribution in [-0.4, -0.2) is 17.9 Å². The van der Waals surface area contributed by atoms with Gasteiger partial charge >= 0.3 is 0 Å². The molecule has 2 bridgehead atoms. The molecule has 0 aliphatic carbocycles. The van der Waals surface area contributed by atoms with Gasteiger partial charge in [-0.3, -0.25) is 4.79 Å². The Balaban J connectivity index is 1.89. The normalized spacial score (nSPS) is 36.4. The van der Waals surface area contributed by atoms with E-state index in [4.69, 9.17) is 0 Å². The van der Waals surface area contributed by atoms with Gasteiger partial charge in [-0.2, -0.15) is 0 Å². The van der Waals surface area contributed by atoms with Gasteiger partial charge in [-0.15, -0.1) is 0 Å². The van der Waals surface area contributed by atoms with Gasteiger partial charge < -0.3 is 5.32 Å². The topological polar surface area (TPSA) is 29.1 Å². The Morgan fingerprint density at radius 1 is 1.29 bits per heavy atom. The highest BCUT2D eigenvalue weighted by Crippen LogP contribution is 2.32. The smallest absolute Gasteiger partial charge is 0.136 e. The highest BCUT2D eigenvalue weighted by Gasteiger charge is 2.36.